The van der Waals surface area contributed by atoms with Crippen molar-refractivity contribution >= 4 is 5.97 Å². The van der Waals surface area contributed by atoms with E-state index in [1.165, 1.54) is 0 Å². The summed E-state index contributed by atoms with van der Waals surface area (Å²) < 4.78 is 4.96. The molecule has 96 valence electrons. The van der Waals surface area contributed by atoms with Crippen LogP contribution in [0.5, 0.6) is 0 Å². The molecule has 0 aliphatic rings. The quantitative estimate of drug-likeness (QED) is 0.597. The van der Waals surface area contributed by atoms with Gasteiger partial charge in [0.25, 0.3) is 0 Å². The van der Waals surface area contributed by atoms with Gasteiger partial charge in [-0.15, -0.1) is 0 Å². The topological polar surface area (TPSA) is 61.8 Å². The lowest BCUT2D eigenvalue weighted by atomic mass is 10.1. The molecule has 0 aliphatic carbocycles. The third-order valence-electron chi connectivity index (χ3n) is 2.47. The molecule has 5 nitrogen and oxygen atoms in total. The van der Waals surface area contributed by atoms with Gasteiger partial charge in [-0.1, -0.05) is 13.8 Å². The van der Waals surface area contributed by atoms with Crippen LogP contribution in [-0.2, 0) is 9.53 Å². The van der Waals surface area contributed by atoms with Crippen LogP contribution in [-0.4, -0.2) is 62.4 Å². The zero-order chi connectivity index (χ0) is 12.6. The summed E-state index contributed by atoms with van der Waals surface area (Å²) in [4.78, 5) is 13.0. The molecule has 1 atom stereocenters. The smallest absolute Gasteiger partial charge is 0.320 e. The highest BCUT2D eigenvalue weighted by Gasteiger charge is 2.20. The van der Waals surface area contributed by atoms with E-state index in [0.717, 1.165) is 13.1 Å². The number of nitrogens with one attached hydrogen (secondary N) is 1. The minimum absolute atomic E-state index is 0.0989. The van der Waals surface area contributed by atoms with Crippen LogP contribution < -0.4 is 5.32 Å². The third kappa shape index (κ3) is 6.76. The number of rotatable bonds is 9. The Kier molecular flexibility index (Phi) is 8.15. The second-order valence-corrected chi connectivity index (χ2v) is 4.31. The fourth-order valence-electron chi connectivity index (χ4n) is 1.38. The number of likely N-dealkylation sites (N-methyl/N-ethyl adjacent to an activating group) is 1. The predicted molar refractivity (Wildman–Crippen MR) is 63.6 cm³/mol. The second-order valence-electron chi connectivity index (χ2n) is 4.31. The number of hydrogen-bond donors (Lipinski definition) is 2. The van der Waals surface area contributed by atoms with Crippen LogP contribution in [0.4, 0.5) is 0 Å². The first-order chi connectivity index (χ1) is 7.49. The third-order valence-corrected chi connectivity index (χ3v) is 2.47. The number of aliphatic carboxylic acids is 1. The maximum atomic E-state index is 10.9. The Bertz CT molecular complexity index is 198. The van der Waals surface area contributed by atoms with Gasteiger partial charge in [0, 0.05) is 26.7 Å². The van der Waals surface area contributed by atoms with Crippen molar-refractivity contribution in [3.05, 3.63) is 0 Å². The summed E-state index contributed by atoms with van der Waals surface area (Å²) in [6, 6.07) is -0.462. The lowest BCUT2D eigenvalue weighted by molar-refractivity contribution is -0.140. The van der Waals surface area contributed by atoms with Crippen molar-refractivity contribution in [1.29, 1.82) is 0 Å². The first kappa shape index (κ1) is 15.3. The molecule has 0 aromatic carbocycles. The average Bonchev–Trinajstić information content (AvgIpc) is 2.20. The van der Waals surface area contributed by atoms with Gasteiger partial charge in [0.15, 0.2) is 0 Å². The highest BCUT2D eigenvalue weighted by Crippen LogP contribution is 2.00. The van der Waals surface area contributed by atoms with Gasteiger partial charge in [0.2, 0.25) is 0 Å². The molecule has 0 rings (SSSR count). The second kappa shape index (κ2) is 8.50. The Labute approximate surface area is 97.8 Å². The van der Waals surface area contributed by atoms with Gasteiger partial charge >= 0.3 is 5.97 Å². The molecule has 0 heterocycles. The van der Waals surface area contributed by atoms with E-state index in [4.69, 9.17) is 9.84 Å². The van der Waals surface area contributed by atoms with Crippen molar-refractivity contribution < 1.29 is 14.6 Å². The van der Waals surface area contributed by atoms with E-state index in [-0.39, 0.29) is 5.92 Å². The van der Waals surface area contributed by atoms with Crippen LogP contribution in [0.1, 0.15) is 13.8 Å². The summed E-state index contributed by atoms with van der Waals surface area (Å²) in [7, 11) is 3.66. The summed E-state index contributed by atoms with van der Waals surface area (Å²) in [5, 5.41) is 12.0. The maximum absolute atomic E-state index is 10.9. The summed E-state index contributed by atoms with van der Waals surface area (Å²) in [5.74, 6) is -0.684. The lowest BCUT2D eigenvalue weighted by Gasteiger charge is -2.21. The molecule has 0 saturated heterocycles. The zero-order valence-corrected chi connectivity index (χ0v) is 10.7. The molecule has 0 radical (unpaired) electrons. The van der Waals surface area contributed by atoms with Gasteiger partial charge in [-0.3, -0.25) is 4.79 Å². The molecule has 0 spiro atoms. The summed E-state index contributed by atoms with van der Waals surface area (Å²) >= 11 is 0. The van der Waals surface area contributed by atoms with Crippen LogP contribution in [0.15, 0.2) is 0 Å². The molecule has 0 aromatic heterocycles. The number of carboxylic acids is 1. The Balaban J connectivity index is 3.73. The fraction of sp³-hybridized carbons (Fsp3) is 0.909. The van der Waals surface area contributed by atoms with Gasteiger partial charge in [-0.25, -0.2) is 0 Å². The molecule has 0 bridgehead atoms. The van der Waals surface area contributed by atoms with E-state index in [1.807, 2.05) is 20.9 Å². The number of carbonyl (C=O) groups is 1. The van der Waals surface area contributed by atoms with Crippen molar-refractivity contribution in [2.24, 2.45) is 5.92 Å². The normalized spacial score (nSPS) is 13.4. The van der Waals surface area contributed by atoms with E-state index in [0.29, 0.717) is 13.2 Å². The molecule has 1 unspecified atom stereocenters. The van der Waals surface area contributed by atoms with Gasteiger partial charge in [-0.2, -0.15) is 0 Å². The monoisotopic (exact) mass is 232 g/mol. The van der Waals surface area contributed by atoms with Gasteiger partial charge in [-0.05, 0) is 13.0 Å². The molecule has 0 amide bonds. The van der Waals surface area contributed by atoms with Crippen molar-refractivity contribution in [2.45, 2.75) is 19.9 Å². The van der Waals surface area contributed by atoms with Crippen LogP contribution in [0.2, 0.25) is 0 Å². The molecule has 5 heteroatoms. The largest absolute Gasteiger partial charge is 0.480 e. The van der Waals surface area contributed by atoms with Gasteiger partial charge in [0.1, 0.15) is 6.04 Å². The molecule has 0 saturated carbocycles. The molecule has 2 N–H and O–H groups in total. The molecule has 0 fully saturated rings. The Morgan fingerprint density at radius 2 is 2.06 bits per heavy atom. The SMILES string of the molecule is COCCN(C)CCNC(C(=O)O)C(C)C. The van der Waals surface area contributed by atoms with Crippen molar-refractivity contribution in [2.75, 3.05) is 40.4 Å². The molecule has 0 aliphatic heterocycles. The first-order valence-corrected chi connectivity index (χ1v) is 5.62. The first-order valence-electron chi connectivity index (χ1n) is 5.62. The van der Waals surface area contributed by atoms with E-state index in [1.54, 1.807) is 7.11 Å². The zero-order valence-electron chi connectivity index (χ0n) is 10.7. The van der Waals surface area contributed by atoms with Crippen molar-refractivity contribution in [1.82, 2.24) is 10.2 Å². The summed E-state index contributed by atoms with van der Waals surface area (Å²) in [5.41, 5.74) is 0. The fourth-order valence-corrected chi connectivity index (χ4v) is 1.38. The van der Waals surface area contributed by atoms with E-state index >= 15 is 0 Å². The highest BCUT2D eigenvalue weighted by molar-refractivity contribution is 5.73. The van der Waals surface area contributed by atoms with Crippen molar-refractivity contribution in [3.63, 3.8) is 0 Å². The standard InChI is InChI=1S/C11H24N2O3/c1-9(2)10(11(14)15)12-5-6-13(3)7-8-16-4/h9-10,12H,5-8H2,1-4H3,(H,14,15). The summed E-state index contributed by atoms with van der Waals surface area (Å²) in [6.07, 6.45) is 0. The Morgan fingerprint density at radius 1 is 1.44 bits per heavy atom. The Morgan fingerprint density at radius 3 is 2.50 bits per heavy atom. The molecular formula is C11H24N2O3. The van der Waals surface area contributed by atoms with Crippen molar-refractivity contribution in [3.8, 4) is 0 Å². The maximum Gasteiger partial charge on any atom is 0.320 e. The van der Waals surface area contributed by atoms with E-state index < -0.39 is 12.0 Å². The number of nitrogens with zero attached hydrogens (tertiary/aromatic N) is 1. The van der Waals surface area contributed by atoms with Gasteiger partial charge in [0.05, 0.1) is 6.61 Å². The predicted octanol–water partition coefficient (Wildman–Crippen LogP) is 0.263. The van der Waals surface area contributed by atoms with Gasteiger partial charge < -0.3 is 20.1 Å². The van der Waals surface area contributed by atoms with E-state index in [2.05, 4.69) is 10.2 Å². The minimum Gasteiger partial charge on any atom is -0.480 e. The lowest BCUT2D eigenvalue weighted by Crippen LogP contribution is -2.44. The highest BCUT2D eigenvalue weighted by atomic mass is 16.5. The minimum atomic E-state index is -0.783. The van der Waals surface area contributed by atoms with Crippen LogP contribution in [0.3, 0.4) is 0 Å². The number of methoxy groups -OCH3 is 1. The van der Waals surface area contributed by atoms with E-state index in [9.17, 15) is 4.79 Å². The number of carboxylic acid groups (broad SMARTS) is 1. The average molecular weight is 232 g/mol. The van der Waals surface area contributed by atoms with Crippen LogP contribution in [0.25, 0.3) is 0 Å². The molecular weight excluding hydrogens is 208 g/mol. The summed E-state index contributed by atoms with van der Waals surface area (Å²) in [6.45, 7) is 6.86. The van der Waals surface area contributed by atoms with Crippen LogP contribution >= 0.6 is 0 Å². The number of hydrogen-bond acceptors (Lipinski definition) is 4. The van der Waals surface area contributed by atoms with Crippen LogP contribution in [0, 0.1) is 5.92 Å². The Hall–Kier alpha value is -0.650. The molecule has 0 aromatic rings. The molecule has 16 heavy (non-hydrogen) atoms. The number of ether oxygens (including phenoxy) is 1.